The van der Waals surface area contributed by atoms with E-state index in [1.54, 1.807) is 30.5 Å². The molecule has 0 unspecified atom stereocenters. The largest absolute Gasteiger partial charge is 0.508 e. The van der Waals surface area contributed by atoms with Crippen molar-refractivity contribution in [1.29, 1.82) is 0 Å². The second-order valence-electron chi connectivity index (χ2n) is 6.28. The average molecular weight is 376 g/mol. The first-order chi connectivity index (χ1) is 13.7. The Morgan fingerprint density at radius 2 is 1.89 bits per heavy atom. The third-order valence-corrected chi connectivity index (χ3v) is 4.20. The first-order valence-corrected chi connectivity index (χ1v) is 8.94. The van der Waals surface area contributed by atoms with Crippen LogP contribution in [0.3, 0.4) is 0 Å². The van der Waals surface area contributed by atoms with E-state index in [9.17, 15) is 5.11 Å². The summed E-state index contributed by atoms with van der Waals surface area (Å²) in [6.45, 7) is 0.787. The van der Waals surface area contributed by atoms with Crippen LogP contribution >= 0.6 is 0 Å². The molecule has 2 heterocycles. The van der Waals surface area contributed by atoms with E-state index in [2.05, 4.69) is 25.7 Å². The smallest absolute Gasteiger partial charge is 0.229 e. The lowest BCUT2D eigenvalue weighted by atomic mass is 10.2. The lowest BCUT2D eigenvalue weighted by Crippen LogP contribution is -2.03. The Kier molecular flexibility index (Phi) is 5.03. The molecule has 2 aromatic carbocycles. The van der Waals surface area contributed by atoms with Gasteiger partial charge in [-0.05, 0) is 42.8 Å². The fourth-order valence-corrected chi connectivity index (χ4v) is 2.90. The number of aromatic hydroxyl groups is 1. The van der Waals surface area contributed by atoms with E-state index in [4.69, 9.17) is 5.11 Å². The number of nitrogens with one attached hydrogen (secondary N) is 2. The molecule has 0 atom stereocenters. The molecule has 2 aromatic heterocycles. The highest BCUT2D eigenvalue weighted by Crippen LogP contribution is 2.23. The molecule has 0 aliphatic heterocycles. The number of anilines is 4. The maximum absolute atomic E-state index is 9.58. The number of aryl methyl sites for hydroxylation is 1. The molecule has 0 bridgehead atoms. The van der Waals surface area contributed by atoms with Gasteiger partial charge >= 0.3 is 0 Å². The normalized spacial score (nSPS) is 10.9. The van der Waals surface area contributed by atoms with Crippen LogP contribution in [-0.4, -0.2) is 36.6 Å². The third-order valence-electron chi connectivity index (χ3n) is 4.20. The van der Waals surface area contributed by atoms with E-state index in [-0.39, 0.29) is 12.4 Å². The number of aromatic nitrogens is 4. The molecule has 0 spiro atoms. The van der Waals surface area contributed by atoms with Crippen LogP contribution in [0.2, 0.25) is 0 Å². The number of hydrogen-bond donors (Lipinski definition) is 4. The van der Waals surface area contributed by atoms with E-state index >= 15 is 0 Å². The van der Waals surface area contributed by atoms with Gasteiger partial charge in [0.2, 0.25) is 5.95 Å². The Labute approximate surface area is 161 Å². The zero-order valence-corrected chi connectivity index (χ0v) is 15.1. The second-order valence-corrected chi connectivity index (χ2v) is 6.28. The summed E-state index contributed by atoms with van der Waals surface area (Å²) in [5.74, 6) is 1.24. The van der Waals surface area contributed by atoms with Crippen molar-refractivity contribution in [3.8, 4) is 5.75 Å². The maximum Gasteiger partial charge on any atom is 0.229 e. The SMILES string of the molecule is OCCCn1ncc2ccc(Nc3nccc(Nc4cccc(O)c4)n3)cc21. The first-order valence-electron chi connectivity index (χ1n) is 8.94. The second kappa shape index (κ2) is 7.93. The molecule has 0 aliphatic rings. The Bertz CT molecular complexity index is 1090. The van der Waals surface area contributed by atoms with Crippen molar-refractivity contribution < 1.29 is 10.2 Å². The summed E-state index contributed by atoms with van der Waals surface area (Å²) in [7, 11) is 0. The molecule has 142 valence electrons. The molecule has 8 heteroatoms. The van der Waals surface area contributed by atoms with Crippen LogP contribution in [0.4, 0.5) is 23.1 Å². The van der Waals surface area contributed by atoms with E-state index in [1.807, 2.05) is 35.1 Å². The van der Waals surface area contributed by atoms with Gasteiger partial charge in [0.25, 0.3) is 0 Å². The van der Waals surface area contributed by atoms with Crippen LogP contribution in [0.1, 0.15) is 6.42 Å². The van der Waals surface area contributed by atoms with Gasteiger partial charge in [-0.3, -0.25) is 4.68 Å². The van der Waals surface area contributed by atoms with Gasteiger partial charge in [-0.25, -0.2) is 4.98 Å². The van der Waals surface area contributed by atoms with Gasteiger partial charge in [0.15, 0.2) is 0 Å². The van der Waals surface area contributed by atoms with Gasteiger partial charge in [0.1, 0.15) is 11.6 Å². The molecule has 28 heavy (non-hydrogen) atoms. The van der Waals surface area contributed by atoms with Crippen molar-refractivity contribution in [1.82, 2.24) is 19.7 Å². The molecule has 0 radical (unpaired) electrons. The summed E-state index contributed by atoms with van der Waals surface area (Å²) < 4.78 is 1.87. The topological polar surface area (TPSA) is 108 Å². The lowest BCUT2D eigenvalue weighted by Gasteiger charge is -2.09. The molecule has 4 rings (SSSR count). The number of hydrogen-bond acceptors (Lipinski definition) is 7. The number of rotatable bonds is 7. The fraction of sp³-hybridized carbons (Fsp3) is 0.150. The maximum atomic E-state index is 9.58. The molecule has 0 amide bonds. The van der Waals surface area contributed by atoms with Gasteiger partial charge in [0.05, 0.1) is 11.7 Å². The molecular formula is C20H20N6O2. The molecular weight excluding hydrogens is 356 g/mol. The summed E-state index contributed by atoms with van der Waals surface area (Å²) in [5, 5.41) is 30.4. The summed E-state index contributed by atoms with van der Waals surface area (Å²) in [5.41, 5.74) is 2.55. The van der Waals surface area contributed by atoms with E-state index in [1.165, 1.54) is 0 Å². The molecule has 0 aliphatic carbocycles. The van der Waals surface area contributed by atoms with Crippen LogP contribution in [0.25, 0.3) is 10.9 Å². The van der Waals surface area contributed by atoms with Crippen molar-refractivity contribution in [2.24, 2.45) is 0 Å². The summed E-state index contributed by atoms with van der Waals surface area (Å²) in [6, 6.07) is 14.5. The van der Waals surface area contributed by atoms with Crippen LogP contribution in [-0.2, 0) is 6.54 Å². The highest BCUT2D eigenvalue weighted by atomic mass is 16.3. The number of fused-ring (bicyclic) bond motifs is 1. The minimum absolute atomic E-state index is 0.131. The third kappa shape index (κ3) is 4.02. The Morgan fingerprint density at radius 1 is 1.00 bits per heavy atom. The molecule has 0 saturated carbocycles. The van der Waals surface area contributed by atoms with Gasteiger partial charge in [-0.2, -0.15) is 10.1 Å². The van der Waals surface area contributed by atoms with Gasteiger partial charge in [-0.15, -0.1) is 0 Å². The average Bonchev–Trinajstić information content (AvgIpc) is 3.09. The summed E-state index contributed by atoms with van der Waals surface area (Å²) in [4.78, 5) is 8.73. The van der Waals surface area contributed by atoms with Crippen LogP contribution in [0, 0.1) is 0 Å². The number of benzene rings is 2. The molecule has 0 fully saturated rings. The van der Waals surface area contributed by atoms with Crippen LogP contribution in [0.15, 0.2) is 60.9 Å². The minimum Gasteiger partial charge on any atom is -0.508 e. The fourth-order valence-electron chi connectivity index (χ4n) is 2.90. The minimum atomic E-state index is 0.131. The number of phenolic OH excluding ortho intramolecular Hbond substituents is 1. The Hall–Kier alpha value is -3.65. The molecule has 0 saturated heterocycles. The van der Waals surface area contributed by atoms with Gasteiger partial charge < -0.3 is 20.8 Å². The predicted molar refractivity (Wildman–Crippen MR) is 108 cm³/mol. The number of phenols is 1. The van der Waals surface area contributed by atoms with Gasteiger partial charge in [-0.1, -0.05) is 6.07 Å². The van der Waals surface area contributed by atoms with E-state index in [0.717, 1.165) is 22.3 Å². The summed E-state index contributed by atoms with van der Waals surface area (Å²) >= 11 is 0. The lowest BCUT2D eigenvalue weighted by molar-refractivity contribution is 0.278. The van der Waals surface area contributed by atoms with Crippen molar-refractivity contribution in [3.63, 3.8) is 0 Å². The summed E-state index contributed by atoms with van der Waals surface area (Å²) in [6.07, 6.45) is 4.12. The zero-order chi connectivity index (χ0) is 19.3. The number of aliphatic hydroxyl groups is 1. The van der Waals surface area contributed by atoms with Crippen LogP contribution in [0.5, 0.6) is 5.75 Å². The Balaban J connectivity index is 1.54. The van der Waals surface area contributed by atoms with E-state index < -0.39 is 0 Å². The molecule has 8 nitrogen and oxygen atoms in total. The van der Waals surface area contributed by atoms with Gasteiger partial charge in [0, 0.05) is 42.2 Å². The number of aliphatic hydroxyl groups excluding tert-OH is 1. The highest BCUT2D eigenvalue weighted by molar-refractivity contribution is 5.83. The molecule has 4 N–H and O–H groups in total. The molecule has 4 aromatic rings. The van der Waals surface area contributed by atoms with Crippen molar-refractivity contribution >= 4 is 34.0 Å². The standard InChI is InChI=1S/C20H20N6O2/c27-10-2-9-26-18-12-16(6-5-14(18)13-22-26)24-20-21-8-7-19(25-20)23-15-3-1-4-17(28)11-15/h1,3-8,11-13,27-28H,2,9-10H2,(H2,21,23,24,25). The first kappa shape index (κ1) is 17.7. The van der Waals surface area contributed by atoms with Crippen molar-refractivity contribution in [3.05, 3.63) is 60.9 Å². The Morgan fingerprint density at radius 3 is 2.75 bits per heavy atom. The van der Waals surface area contributed by atoms with Crippen LogP contribution < -0.4 is 10.6 Å². The quantitative estimate of drug-likeness (QED) is 0.391. The van der Waals surface area contributed by atoms with E-state index in [0.29, 0.717) is 24.7 Å². The van der Waals surface area contributed by atoms with Crippen molar-refractivity contribution in [2.75, 3.05) is 17.2 Å². The predicted octanol–water partition coefficient (Wildman–Crippen LogP) is 3.40. The van der Waals surface area contributed by atoms with Crippen molar-refractivity contribution in [2.45, 2.75) is 13.0 Å². The zero-order valence-electron chi connectivity index (χ0n) is 15.1. The highest BCUT2D eigenvalue weighted by Gasteiger charge is 2.06. The number of nitrogens with zero attached hydrogens (tertiary/aromatic N) is 4. The monoisotopic (exact) mass is 376 g/mol.